The van der Waals surface area contributed by atoms with Gasteiger partial charge in [-0.3, -0.25) is 4.79 Å². The van der Waals surface area contributed by atoms with Crippen molar-refractivity contribution in [2.45, 2.75) is 45.7 Å². The molecule has 2 amide bonds. The van der Waals surface area contributed by atoms with Gasteiger partial charge >= 0.3 is 12.5 Å². The molecule has 0 saturated carbocycles. The Morgan fingerprint density at radius 3 is 2.19 bits per heavy atom. The smallest absolute Gasteiger partial charge is 0.444 e. The molecule has 0 atom stereocenters. The summed E-state index contributed by atoms with van der Waals surface area (Å²) in [6.45, 7) is 5.54. The molecule has 0 aliphatic rings. The molecule has 0 heterocycles. The molecule has 6 nitrogen and oxygen atoms in total. The zero-order valence-electron chi connectivity index (χ0n) is 15.1. The summed E-state index contributed by atoms with van der Waals surface area (Å²) >= 11 is 0. The molecular weight excluding hydrogens is 353 g/mol. The van der Waals surface area contributed by atoms with E-state index in [1.54, 1.807) is 27.8 Å². The molecular formula is C17H23F3N2O4. The normalized spacial score (nSPS) is 11.7. The Morgan fingerprint density at radius 1 is 1.12 bits per heavy atom. The summed E-state index contributed by atoms with van der Waals surface area (Å²) in [6.07, 6.45) is -5.27. The largest absolute Gasteiger partial charge is 0.573 e. The van der Waals surface area contributed by atoms with Crippen LogP contribution in [0.15, 0.2) is 24.3 Å². The predicted molar refractivity (Wildman–Crippen MR) is 88.5 cm³/mol. The van der Waals surface area contributed by atoms with Crippen LogP contribution >= 0.6 is 0 Å². The number of ether oxygens (including phenoxy) is 2. The first-order valence-corrected chi connectivity index (χ1v) is 7.91. The Hall–Kier alpha value is -2.45. The lowest BCUT2D eigenvalue weighted by Gasteiger charge is -2.20. The quantitative estimate of drug-likeness (QED) is 0.826. The van der Waals surface area contributed by atoms with E-state index in [9.17, 15) is 22.8 Å². The SMILES string of the molecule is CN(Cc1ccc(OC(F)(F)F)cc1)C(=O)CCNC(=O)OC(C)(C)C. The molecule has 146 valence electrons. The van der Waals surface area contributed by atoms with Crippen LogP contribution in [0, 0.1) is 0 Å². The number of carbonyl (C=O) groups is 2. The summed E-state index contributed by atoms with van der Waals surface area (Å²) in [6, 6.07) is 5.27. The third-order valence-corrected chi connectivity index (χ3v) is 3.01. The van der Waals surface area contributed by atoms with Gasteiger partial charge in [0.2, 0.25) is 5.91 Å². The highest BCUT2D eigenvalue weighted by molar-refractivity contribution is 5.77. The van der Waals surface area contributed by atoms with E-state index in [1.807, 2.05) is 0 Å². The molecule has 1 aromatic rings. The maximum absolute atomic E-state index is 12.1. The highest BCUT2D eigenvalue weighted by Crippen LogP contribution is 2.23. The van der Waals surface area contributed by atoms with Crippen molar-refractivity contribution in [1.82, 2.24) is 10.2 Å². The van der Waals surface area contributed by atoms with Crippen molar-refractivity contribution in [1.29, 1.82) is 0 Å². The molecule has 1 rings (SSSR count). The number of amides is 2. The van der Waals surface area contributed by atoms with E-state index >= 15 is 0 Å². The maximum Gasteiger partial charge on any atom is 0.573 e. The van der Waals surface area contributed by atoms with Crippen molar-refractivity contribution in [3.8, 4) is 5.75 Å². The third kappa shape index (κ3) is 9.14. The van der Waals surface area contributed by atoms with Gasteiger partial charge < -0.3 is 19.7 Å². The number of benzene rings is 1. The third-order valence-electron chi connectivity index (χ3n) is 3.01. The van der Waals surface area contributed by atoms with Crippen LogP contribution in [-0.4, -0.2) is 42.5 Å². The molecule has 0 radical (unpaired) electrons. The lowest BCUT2D eigenvalue weighted by atomic mass is 10.2. The zero-order chi connectivity index (χ0) is 20.0. The first kappa shape index (κ1) is 21.6. The van der Waals surface area contributed by atoms with E-state index in [2.05, 4.69) is 10.1 Å². The van der Waals surface area contributed by atoms with Crippen LogP contribution in [0.2, 0.25) is 0 Å². The number of alkyl halides is 3. The number of carbonyl (C=O) groups excluding carboxylic acids is 2. The highest BCUT2D eigenvalue weighted by Gasteiger charge is 2.30. The van der Waals surface area contributed by atoms with Crippen LogP contribution in [0.3, 0.4) is 0 Å². The summed E-state index contributed by atoms with van der Waals surface area (Å²) in [5.41, 5.74) is 0.0304. The minimum absolute atomic E-state index is 0.0744. The number of nitrogens with zero attached hydrogens (tertiary/aromatic N) is 1. The minimum Gasteiger partial charge on any atom is -0.444 e. The van der Waals surface area contributed by atoms with Crippen molar-refractivity contribution < 1.29 is 32.2 Å². The number of nitrogens with one attached hydrogen (secondary N) is 1. The van der Waals surface area contributed by atoms with Gasteiger partial charge in [-0.1, -0.05) is 12.1 Å². The molecule has 0 aliphatic carbocycles. The van der Waals surface area contributed by atoms with Gasteiger partial charge in [0.05, 0.1) is 0 Å². The number of hydrogen-bond donors (Lipinski definition) is 1. The van der Waals surface area contributed by atoms with Gasteiger partial charge in [-0.2, -0.15) is 0 Å². The molecule has 0 unspecified atom stereocenters. The molecule has 0 fully saturated rings. The van der Waals surface area contributed by atoms with Gasteiger partial charge in [0.1, 0.15) is 11.4 Å². The van der Waals surface area contributed by atoms with Crippen molar-refractivity contribution in [2.75, 3.05) is 13.6 Å². The Balaban J connectivity index is 2.41. The first-order chi connectivity index (χ1) is 11.9. The lowest BCUT2D eigenvalue weighted by molar-refractivity contribution is -0.274. The minimum atomic E-state index is -4.74. The fourth-order valence-corrected chi connectivity index (χ4v) is 1.94. The molecule has 0 aliphatic heterocycles. The summed E-state index contributed by atoms with van der Waals surface area (Å²) in [4.78, 5) is 24.9. The number of hydrogen-bond acceptors (Lipinski definition) is 4. The van der Waals surface area contributed by atoms with Crippen molar-refractivity contribution >= 4 is 12.0 Å². The van der Waals surface area contributed by atoms with Gasteiger partial charge in [-0.05, 0) is 38.5 Å². The lowest BCUT2D eigenvalue weighted by Crippen LogP contribution is -2.35. The van der Waals surface area contributed by atoms with E-state index in [-0.39, 0.29) is 31.2 Å². The second kappa shape index (κ2) is 8.77. The summed E-state index contributed by atoms with van der Waals surface area (Å²) in [5.74, 6) is -0.548. The molecule has 0 aromatic heterocycles. The van der Waals surface area contributed by atoms with Gasteiger partial charge in [0.25, 0.3) is 0 Å². The molecule has 9 heteroatoms. The molecule has 1 aromatic carbocycles. The van der Waals surface area contributed by atoms with E-state index in [0.717, 1.165) is 0 Å². The van der Waals surface area contributed by atoms with Crippen molar-refractivity contribution in [3.05, 3.63) is 29.8 Å². The number of alkyl carbamates (subject to hydrolysis) is 1. The second-order valence-electron chi connectivity index (χ2n) is 6.62. The van der Waals surface area contributed by atoms with E-state index in [1.165, 1.54) is 29.2 Å². The van der Waals surface area contributed by atoms with Crippen LogP contribution in [0.25, 0.3) is 0 Å². The topological polar surface area (TPSA) is 67.9 Å². The number of rotatable bonds is 6. The Labute approximate surface area is 150 Å². The van der Waals surface area contributed by atoms with Crippen LogP contribution in [0.4, 0.5) is 18.0 Å². The summed E-state index contributed by atoms with van der Waals surface area (Å²) < 4.78 is 45.2. The van der Waals surface area contributed by atoms with E-state index in [0.29, 0.717) is 5.56 Å². The highest BCUT2D eigenvalue weighted by atomic mass is 19.4. The Kier molecular flexibility index (Phi) is 7.29. The molecule has 0 bridgehead atoms. The Bertz CT molecular complexity index is 610. The predicted octanol–water partition coefficient (Wildman–Crippen LogP) is 3.46. The van der Waals surface area contributed by atoms with Gasteiger partial charge in [-0.15, -0.1) is 13.2 Å². The monoisotopic (exact) mass is 376 g/mol. The summed E-state index contributed by atoms with van der Waals surface area (Å²) in [7, 11) is 1.57. The van der Waals surface area contributed by atoms with Crippen LogP contribution in [-0.2, 0) is 16.1 Å². The van der Waals surface area contributed by atoms with Crippen molar-refractivity contribution in [2.24, 2.45) is 0 Å². The Morgan fingerprint density at radius 2 is 1.69 bits per heavy atom. The van der Waals surface area contributed by atoms with E-state index in [4.69, 9.17) is 4.74 Å². The van der Waals surface area contributed by atoms with E-state index < -0.39 is 18.1 Å². The summed E-state index contributed by atoms with van der Waals surface area (Å²) in [5, 5.41) is 2.49. The molecule has 0 spiro atoms. The van der Waals surface area contributed by atoms with Gasteiger partial charge in [-0.25, -0.2) is 4.79 Å². The van der Waals surface area contributed by atoms with Crippen LogP contribution in [0.1, 0.15) is 32.8 Å². The van der Waals surface area contributed by atoms with Gasteiger partial charge in [0.15, 0.2) is 0 Å². The molecule has 1 N–H and O–H groups in total. The standard InChI is InChI=1S/C17H23F3N2O4/c1-16(2,3)26-15(24)21-10-9-14(23)22(4)11-12-5-7-13(8-6-12)25-17(18,19)20/h5-8H,9-11H2,1-4H3,(H,21,24). The maximum atomic E-state index is 12.1. The average Bonchev–Trinajstić information content (AvgIpc) is 2.45. The second-order valence-corrected chi connectivity index (χ2v) is 6.62. The first-order valence-electron chi connectivity index (χ1n) is 7.91. The molecule has 0 saturated heterocycles. The average molecular weight is 376 g/mol. The fourth-order valence-electron chi connectivity index (χ4n) is 1.94. The number of halogens is 3. The van der Waals surface area contributed by atoms with Crippen molar-refractivity contribution in [3.63, 3.8) is 0 Å². The van der Waals surface area contributed by atoms with Gasteiger partial charge in [0, 0.05) is 26.6 Å². The van der Waals surface area contributed by atoms with Crippen LogP contribution < -0.4 is 10.1 Å². The zero-order valence-corrected chi connectivity index (χ0v) is 15.1. The molecule has 26 heavy (non-hydrogen) atoms. The fraction of sp³-hybridized carbons (Fsp3) is 0.529. The van der Waals surface area contributed by atoms with Crippen LogP contribution in [0.5, 0.6) is 5.75 Å².